The first-order valence-electron chi connectivity index (χ1n) is 5.24. The third kappa shape index (κ3) is 3.73. The van der Waals surface area contributed by atoms with Crippen molar-refractivity contribution in [2.24, 2.45) is 0 Å². The molecule has 0 radical (unpaired) electrons. The van der Waals surface area contributed by atoms with E-state index in [0.717, 1.165) is 5.69 Å². The van der Waals surface area contributed by atoms with Crippen LogP contribution in [0.15, 0.2) is 31.1 Å². The van der Waals surface area contributed by atoms with Crippen molar-refractivity contribution in [1.29, 1.82) is 0 Å². The fourth-order valence-corrected chi connectivity index (χ4v) is 1.20. The number of hydrogen-bond acceptors (Lipinski definition) is 3. The average molecular weight is 219 g/mol. The second kappa shape index (κ2) is 5.90. The van der Waals surface area contributed by atoms with Crippen LogP contribution in [0.1, 0.15) is 24.2 Å². The number of nitrogens with one attached hydrogen (secondary N) is 2. The van der Waals surface area contributed by atoms with Crippen LogP contribution in [0.25, 0.3) is 0 Å². The summed E-state index contributed by atoms with van der Waals surface area (Å²) in [5.41, 5.74) is 1.37. The zero-order valence-electron chi connectivity index (χ0n) is 9.66. The number of carbonyl (C=O) groups excluding carboxylic acids is 1. The topological polar surface area (TPSA) is 54.0 Å². The lowest BCUT2D eigenvalue weighted by atomic mass is 10.2. The summed E-state index contributed by atoms with van der Waals surface area (Å²) >= 11 is 0. The molecule has 4 heteroatoms. The van der Waals surface area contributed by atoms with Gasteiger partial charge in [0, 0.05) is 25.0 Å². The summed E-state index contributed by atoms with van der Waals surface area (Å²) in [5.74, 6) is -0.107. The number of amides is 1. The molecule has 0 bridgehead atoms. The number of rotatable bonds is 5. The molecule has 1 rings (SSSR count). The van der Waals surface area contributed by atoms with Crippen molar-refractivity contribution in [1.82, 2.24) is 10.3 Å². The quantitative estimate of drug-likeness (QED) is 0.743. The van der Waals surface area contributed by atoms with Gasteiger partial charge in [0.05, 0.1) is 11.3 Å². The Kier molecular flexibility index (Phi) is 4.51. The van der Waals surface area contributed by atoms with Crippen LogP contribution < -0.4 is 10.6 Å². The third-order valence-corrected chi connectivity index (χ3v) is 1.87. The first-order chi connectivity index (χ1) is 7.63. The first kappa shape index (κ1) is 12.2. The molecule has 0 saturated carbocycles. The Labute approximate surface area is 95.8 Å². The molecule has 1 amide bonds. The van der Waals surface area contributed by atoms with Crippen molar-refractivity contribution >= 4 is 11.6 Å². The van der Waals surface area contributed by atoms with E-state index in [1.807, 2.05) is 13.8 Å². The second-order valence-corrected chi connectivity index (χ2v) is 3.76. The molecule has 0 unspecified atom stereocenters. The van der Waals surface area contributed by atoms with Crippen LogP contribution in [-0.4, -0.2) is 23.5 Å². The Morgan fingerprint density at radius 1 is 1.56 bits per heavy atom. The van der Waals surface area contributed by atoms with Crippen molar-refractivity contribution in [2.75, 3.05) is 11.9 Å². The number of pyridine rings is 1. The lowest BCUT2D eigenvalue weighted by Crippen LogP contribution is -2.30. The van der Waals surface area contributed by atoms with Gasteiger partial charge in [0.1, 0.15) is 0 Å². The minimum Gasteiger partial charge on any atom is -0.380 e. The third-order valence-electron chi connectivity index (χ3n) is 1.87. The molecule has 0 aliphatic rings. The van der Waals surface area contributed by atoms with E-state index in [9.17, 15) is 4.79 Å². The fraction of sp³-hybridized carbons (Fsp3) is 0.333. The van der Waals surface area contributed by atoms with E-state index in [-0.39, 0.29) is 11.9 Å². The van der Waals surface area contributed by atoms with Crippen molar-refractivity contribution in [2.45, 2.75) is 19.9 Å². The molecule has 2 N–H and O–H groups in total. The molecule has 1 aromatic rings. The number of hydrogen-bond donors (Lipinski definition) is 2. The number of carbonyl (C=O) groups is 1. The van der Waals surface area contributed by atoms with Gasteiger partial charge in [-0.2, -0.15) is 0 Å². The fourth-order valence-electron chi connectivity index (χ4n) is 1.20. The predicted octanol–water partition coefficient (Wildman–Crippen LogP) is 1.82. The SMILES string of the molecule is C=CCNc1cncc(C(=O)NC(C)C)c1. The molecule has 0 spiro atoms. The van der Waals surface area contributed by atoms with Crippen molar-refractivity contribution in [3.63, 3.8) is 0 Å². The molecule has 4 nitrogen and oxygen atoms in total. The maximum atomic E-state index is 11.7. The Morgan fingerprint density at radius 2 is 2.31 bits per heavy atom. The summed E-state index contributed by atoms with van der Waals surface area (Å²) in [6.07, 6.45) is 4.98. The summed E-state index contributed by atoms with van der Waals surface area (Å²) in [4.78, 5) is 15.7. The summed E-state index contributed by atoms with van der Waals surface area (Å²) in [5, 5.41) is 5.90. The lowest BCUT2D eigenvalue weighted by Gasteiger charge is -2.09. The highest BCUT2D eigenvalue weighted by atomic mass is 16.1. The van der Waals surface area contributed by atoms with Crippen molar-refractivity contribution in [3.8, 4) is 0 Å². The molecule has 0 atom stereocenters. The second-order valence-electron chi connectivity index (χ2n) is 3.76. The van der Waals surface area contributed by atoms with Crippen LogP contribution in [0.3, 0.4) is 0 Å². The zero-order chi connectivity index (χ0) is 12.0. The Bertz CT molecular complexity index is 374. The summed E-state index contributed by atoms with van der Waals surface area (Å²) in [6.45, 7) is 8.10. The standard InChI is InChI=1S/C12H17N3O/c1-4-5-14-11-6-10(7-13-8-11)12(16)15-9(2)3/h4,6-9,14H,1,5H2,2-3H3,(H,15,16). The molecule has 86 valence electrons. The van der Waals surface area contributed by atoms with Crippen LogP contribution in [0.2, 0.25) is 0 Å². The van der Waals surface area contributed by atoms with E-state index in [1.165, 1.54) is 0 Å². The minimum absolute atomic E-state index is 0.107. The molecule has 16 heavy (non-hydrogen) atoms. The smallest absolute Gasteiger partial charge is 0.253 e. The number of anilines is 1. The molecule has 0 aliphatic carbocycles. The van der Waals surface area contributed by atoms with Gasteiger partial charge in [-0.15, -0.1) is 6.58 Å². The Morgan fingerprint density at radius 3 is 2.94 bits per heavy atom. The minimum atomic E-state index is -0.107. The summed E-state index contributed by atoms with van der Waals surface area (Å²) < 4.78 is 0. The monoisotopic (exact) mass is 219 g/mol. The number of aromatic nitrogens is 1. The molecule has 1 aromatic heterocycles. The lowest BCUT2D eigenvalue weighted by molar-refractivity contribution is 0.0943. The first-order valence-corrected chi connectivity index (χ1v) is 5.24. The van der Waals surface area contributed by atoms with Crippen LogP contribution in [0, 0.1) is 0 Å². The molecule has 0 saturated heterocycles. The summed E-state index contributed by atoms with van der Waals surface area (Å²) in [7, 11) is 0. The van der Waals surface area contributed by atoms with Gasteiger partial charge >= 0.3 is 0 Å². The van der Waals surface area contributed by atoms with Gasteiger partial charge in [-0.05, 0) is 19.9 Å². The van der Waals surface area contributed by atoms with Gasteiger partial charge in [0.2, 0.25) is 0 Å². The molecular formula is C12H17N3O. The largest absolute Gasteiger partial charge is 0.380 e. The molecule has 0 aliphatic heterocycles. The van der Waals surface area contributed by atoms with E-state index in [1.54, 1.807) is 24.5 Å². The van der Waals surface area contributed by atoms with Crippen LogP contribution in [0.4, 0.5) is 5.69 Å². The normalized spacial score (nSPS) is 9.94. The Hall–Kier alpha value is -1.84. The zero-order valence-corrected chi connectivity index (χ0v) is 9.66. The van der Waals surface area contributed by atoms with Crippen LogP contribution >= 0.6 is 0 Å². The van der Waals surface area contributed by atoms with E-state index < -0.39 is 0 Å². The van der Waals surface area contributed by atoms with Gasteiger partial charge in [-0.1, -0.05) is 6.08 Å². The van der Waals surface area contributed by atoms with E-state index in [0.29, 0.717) is 12.1 Å². The van der Waals surface area contributed by atoms with E-state index in [2.05, 4.69) is 22.2 Å². The van der Waals surface area contributed by atoms with Gasteiger partial charge in [0.15, 0.2) is 0 Å². The Balaban J connectivity index is 2.73. The van der Waals surface area contributed by atoms with Crippen molar-refractivity contribution < 1.29 is 4.79 Å². The van der Waals surface area contributed by atoms with E-state index >= 15 is 0 Å². The van der Waals surface area contributed by atoms with Gasteiger partial charge in [-0.25, -0.2) is 0 Å². The van der Waals surface area contributed by atoms with Gasteiger partial charge < -0.3 is 10.6 Å². The molecule has 1 heterocycles. The van der Waals surface area contributed by atoms with Crippen molar-refractivity contribution in [3.05, 3.63) is 36.7 Å². The highest BCUT2D eigenvalue weighted by molar-refractivity contribution is 5.94. The van der Waals surface area contributed by atoms with Crippen LogP contribution in [0.5, 0.6) is 0 Å². The summed E-state index contributed by atoms with van der Waals surface area (Å²) in [6, 6.07) is 1.89. The molecule has 0 aromatic carbocycles. The molecular weight excluding hydrogens is 202 g/mol. The highest BCUT2D eigenvalue weighted by Crippen LogP contribution is 2.08. The highest BCUT2D eigenvalue weighted by Gasteiger charge is 2.07. The number of nitrogens with zero attached hydrogens (tertiary/aromatic N) is 1. The predicted molar refractivity (Wildman–Crippen MR) is 65.5 cm³/mol. The maximum Gasteiger partial charge on any atom is 0.253 e. The molecule has 0 fully saturated rings. The van der Waals surface area contributed by atoms with Gasteiger partial charge in [-0.3, -0.25) is 9.78 Å². The van der Waals surface area contributed by atoms with E-state index in [4.69, 9.17) is 0 Å². The average Bonchev–Trinajstić information content (AvgIpc) is 2.26. The maximum absolute atomic E-state index is 11.7. The van der Waals surface area contributed by atoms with Crippen LogP contribution in [-0.2, 0) is 0 Å². The van der Waals surface area contributed by atoms with Gasteiger partial charge in [0.25, 0.3) is 5.91 Å².